The number of carbonyl (C=O) groups excluding carboxylic acids is 4. The minimum absolute atomic E-state index is 0.0390. The van der Waals surface area contributed by atoms with E-state index < -0.39 is 48.3 Å². The molecule has 1 aliphatic heterocycles. The van der Waals surface area contributed by atoms with Crippen molar-refractivity contribution in [2.75, 3.05) is 18.5 Å². The van der Waals surface area contributed by atoms with E-state index in [2.05, 4.69) is 10.6 Å². The summed E-state index contributed by atoms with van der Waals surface area (Å²) in [5.74, 6) is -2.66. The van der Waals surface area contributed by atoms with Gasteiger partial charge in [-0.15, -0.1) is 0 Å². The number of amides is 4. The number of imide groups is 1. The summed E-state index contributed by atoms with van der Waals surface area (Å²) >= 11 is 0. The molecule has 2 fully saturated rings. The van der Waals surface area contributed by atoms with Gasteiger partial charge in [-0.3, -0.25) is 19.3 Å². The van der Waals surface area contributed by atoms with Crippen molar-refractivity contribution >= 4 is 29.5 Å². The standard InChI is InChI=1S/C17H18FN3O5/c1-17(10-6-7-10)15(24)21(16(25)20-17)8-14(23)26-9-13(22)19-12-5-3-2-4-11(12)18/h2-5,10H,6-9H2,1H3,(H,19,22)(H,20,25)/t17-/m0/s1. The number of hydrogen-bond donors (Lipinski definition) is 2. The lowest BCUT2D eigenvalue weighted by molar-refractivity contribution is -0.150. The van der Waals surface area contributed by atoms with Gasteiger partial charge in [-0.05, 0) is 37.8 Å². The van der Waals surface area contributed by atoms with Crippen molar-refractivity contribution in [3.8, 4) is 0 Å². The number of anilines is 1. The minimum Gasteiger partial charge on any atom is -0.454 e. The van der Waals surface area contributed by atoms with Crippen LogP contribution < -0.4 is 10.6 Å². The number of hydrogen-bond acceptors (Lipinski definition) is 5. The number of para-hydroxylation sites is 1. The summed E-state index contributed by atoms with van der Waals surface area (Å²) in [6.07, 6.45) is 1.69. The van der Waals surface area contributed by atoms with Crippen molar-refractivity contribution in [1.29, 1.82) is 0 Å². The second kappa shape index (κ2) is 6.74. The smallest absolute Gasteiger partial charge is 0.326 e. The first kappa shape index (κ1) is 17.8. The first-order valence-electron chi connectivity index (χ1n) is 8.15. The molecule has 0 radical (unpaired) electrons. The maximum atomic E-state index is 13.4. The fraction of sp³-hybridized carbons (Fsp3) is 0.412. The summed E-state index contributed by atoms with van der Waals surface area (Å²) in [6.45, 7) is 0.398. The van der Waals surface area contributed by atoms with Crippen LogP contribution in [0, 0.1) is 11.7 Å². The number of nitrogens with one attached hydrogen (secondary N) is 2. The molecule has 1 saturated heterocycles. The molecule has 1 heterocycles. The quantitative estimate of drug-likeness (QED) is 0.580. The largest absolute Gasteiger partial charge is 0.454 e. The van der Waals surface area contributed by atoms with Crippen LogP contribution in [-0.4, -0.2) is 47.4 Å². The van der Waals surface area contributed by atoms with E-state index in [9.17, 15) is 23.6 Å². The molecule has 9 heteroatoms. The topological polar surface area (TPSA) is 105 Å². The fourth-order valence-electron chi connectivity index (χ4n) is 2.87. The molecule has 0 unspecified atom stereocenters. The van der Waals surface area contributed by atoms with Crippen LogP contribution in [0.2, 0.25) is 0 Å². The van der Waals surface area contributed by atoms with E-state index in [0.717, 1.165) is 17.7 Å². The molecule has 0 spiro atoms. The van der Waals surface area contributed by atoms with Crippen LogP contribution in [0.5, 0.6) is 0 Å². The zero-order valence-corrected chi connectivity index (χ0v) is 14.1. The number of rotatable bonds is 6. The number of benzene rings is 1. The zero-order valence-electron chi connectivity index (χ0n) is 14.1. The second-order valence-corrected chi connectivity index (χ2v) is 6.49. The predicted octanol–water partition coefficient (Wildman–Crippen LogP) is 1.03. The monoisotopic (exact) mass is 363 g/mol. The SMILES string of the molecule is C[C@@]1(C2CC2)NC(=O)N(CC(=O)OCC(=O)Nc2ccccc2F)C1=O. The van der Waals surface area contributed by atoms with E-state index >= 15 is 0 Å². The van der Waals surface area contributed by atoms with Crippen LogP contribution in [0.25, 0.3) is 0 Å². The molecule has 1 atom stereocenters. The molecule has 1 aromatic carbocycles. The van der Waals surface area contributed by atoms with Gasteiger partial charge in [-0.1, -0.05) is 12.1 Å². The van der Waals surface area contributed by atoms with Crippen LogP contribution in [0.1, 0.15) is 19.8 Å². The molecule has 1 saturated carbocycles. The highest BCUT2D eigenvalue weighted by Gasteiger charge is 2.56. The van der Waals surface area contributed by atoms with Gasteiger partial charge in [0.05, 0.1) is 5.69 Å². The molecule has 2 N–H and O–H groups in total. The van der Waals surface area contributed by atoms with Gasteiger partial charge in [0.15, 0.2) is 6.61 Å². The van der Waals surface area contributed by atoms with Crippen molar-refractivity contribution in [1.82, 2.24) is 10.2 Å². The Labute approximate surface area is 148 Å². The molecule has 4 amide bonds. The van der Waals surface area contributed by atoms with E-state index in [-0.39, 0.29) is 11.6 Å². The molecule has 1 aliphatic carbocycles. The fourth-order valence-corrected chi connectivity index (χ4v) is 2.87. The molecule has 2 aliphatic rings. The van der Waals surface area contributed by atoms with E-state index in [0.29, 0.717) is 0 Å². The Morgan fingerprint density at radius 1 is 1.35 bits per heavy atom. The first-order valence-corrected chi connectivity index (χ1v) is 8.15. The summed E-state index contributed by atoms with van der Waals surface area (Å²) in [4.78, 5) is 48.7. The Hall–Kier alpha value is -2.97. The predicted molar refractivity (Wildman–Crippen MR) is 87.4 cm³/mol. The number of carbonyl (C=O) groups is 4. The summed E-state index contributed by atoms with van der Waals surface area (Å²) in [5, 5.41) is 4.87. The molecule has 1 aromatic rings. The van der Waals surface area contributed by atoms with Gasteiger partial charge in [-0.2, -0.15) is 0 Å². The van der Waals surface area contributed by atoms with Crippen molar-refractivity contribution in [2.24, 2.45) is 5.92 Å². The van der Waals surface area contributed by atoms with E-state index in [1.165, 1.54) is 18.2 Å². The maximum Gasteiger partial charge on any atom is 0.326 e. The molecule has 0 aromatic heterocycles. The van der Waals surface area contributed by atoms with Crippen molar-refractivity contribution in [3.63, 3.8) is 0 Å². The lowest BCUT2D eigenvalue weighted by Gasteiger charge is -2.20. The average Bonchev–Trinajstić information content (AvgIpc) is 3.41. The molecule has 3 rings (SSSR count). The van der Waals surface area contributed by atoms with Gasteiger partial charge in [-0.25, -0.2) is 9.18 Å². The van der Waals surface area contributed by atoms with Crippen molar-refractivity contribution in [3.05, 3.63) is 30.1 Å². The molecule has 138 valence electrons. The number of urea groups is 1. The van der Waals surface area contributed by atoms with E-state index in [1.54, 1.807) is 13.0 Å². The van der Waals surface area contributed by atoms with Gasteiger partial charge >= 0.3 is 12.0 Å². The number of esters is 1. The van der Waals surface area contributed by atoms with Crippen molar-refractivity contribution in [2.45, 2.75) is 25.3 Å². The van der Waals surface area contributed by atoms with Crippen LogP contribution >= 0.6 is 0 Å². The highest BCUT2D eigenvalue weighted by Crippen LogP contribution is 2.42. The van der Waals surface area contributed by atoms with Crippen LogP contribution in [0.4, 0.5) is 14.9 Å². The number of nitrogens with zero attached hydrogens (tertiary/aromatic N) is 1. The average molecular weight is 363 g/mol. The lowest BCUT2D eigenvalue weighted by Crippen LogP contribution is -2.46. The molecular formula is C17H18FN3O5. The van der Waals surface area contributed by atoms with Crippen LogP contribution in [0.15, 0.2) is 24.3 Å². The van der Waals surface area contributed by atoms with E-state index in [1.807, 2.05) is 0 Å². The van der Waals surface area contributed by atoms with E-state index in [4.69, 9.17) is 4.74 Å². The van der Waals surface area contributed by atoms with Gasteiger partial charge < -0.3 is 15.4 Å². The van der Waals surface area contributed by atoms with Gasteiger partial charge in [0.1, 0.15) is 17.9 Å². The molecular weight excluding hydrogens is 345 g/mol. The summed E-state index contributed by atoms with van der Waals surface area (Å²) < 4.78 is 18.2. The van der Waals surface area contributed by atoms with Gasteiger partial charge in [0, 0.05) is 0 Å². The third-order valence-corrected chi connectivity index (χ3v) is 4.49. The Balaban J connectivity index is 1.50. The molecule has 26 heavy (non-hydrogen) atoms. The second-order valence-electron chi connectivity index (χ2n) is 6.49. The summed E-state index contributed by atoms with van der Waals surface area (Å²) in [7, 11) is 0. The number of halogens is 1. The Kier molecular flexibility index (Phi) is 4.62. The summed E-state index contributed by atoms with van der Waals surface area (Å²) in [6, 6.07) is 4.89. The number of ether oxygens (including phenoxy) is 1. The molecule has 8 nitrogen and oxygen atoms in total. The van der Waals surface area contributed by atoms with Crippen LogP contribution in [0.3, 0.4) is 0 Å². The Morgan fingerprint density at radius 3 is 2.69 bits per heavy atom. The third-order valence-electron chi connectivity index (χ3n) is 4.49. The summed E-state index contributed by atoms with van der Waals surface area (Å²) in [5.41, 5.74) is -1.03. The first-order chi connectivity index (χ1) is 12.3. The Morgan fingerprint density at radius 2 is 2.04 bits per heavy atom. The lowest BCUT2D eigenvalue weighted by atomic mass is 9.96. The minimum atomic E-state index is -0.987. The third kappa shape index (κ3) is 3.51. The van der Waals surface area contributed by atoms with Gasteiger partial charge in [0.2, 0.25) is 0 Å². The Bertz CT molecular complexity index is 779. The normalized spacial score (nSPS) is 22.2. The highest BCUT2D eigenvalue weighted by atomic mass is 19.1. The van der Waals surface area contributed by atoms with Gasteiger partial charge in [0.25, 0.3) is 11.8 Å². The van der Waals surface area contributed by atoms with Crippen molar-refractivity contribution < 1.29 is 28.3 Å². The zero-order chi connectivity index (χ0) is 18.9. The molecule has 0 bridgehead atoms. The van der Waals surface area contributed by atoms with Crippen LogP contribution in [-0.2, 0) is 19.1 Å². The highest BCUT2D eigenvalue weighted by molar-refractivity contribution is 6.09. The maximum absolute atomic E-state index is 13.4.